The van der Waals surface area contributed by atoms with E-state index in [4.69, 9.17) is 0 Å². The summed E-state index contributed by atoms with van der Waals surface area (Å²) >= 11 is 0. The second kappa shape index (κ2) is 10.0. The second-order valence-electron chi connectivity index (χ2n) is 8.75. The quantitative estimate of drug-likeness (QED) is 0.597. The van der Waals surface area contributed by atoms with E-state index in [1.165, 1.54) is 5.56 Å². The van der Waals surface area contributed by atoms with Gasteiger partial charge in [0.25, 0.3) is 0 Å². The SMILES string of the molecule is CCc1ccc(C(CN[C@H]2CS(=O)(=O)C[C@@H]2S(=O)(=O)c2ccc(CC)cc2)N(C)C)cc1. The Bertz CT molecular complexity index is 1110. The molecule has 0 aliphatic carbocycles. The van der Waals surface area contributed by atoms with Crippen LogP contribution in [-0.2, 0) is 32.5 Å². The van der Waals surface area contributed by atoms with Gasteiger partial charge in [-0.1, -0.05) is 50.2 Å². The largest absolute Gasteiger partial charge is 0.310 e. The minimum absolute atomic E-state index is 0.00333. The van der Waals surface area contributed by atoms with E-state index in [0.717, 1.165) is 24.0 Å². The summed E-state index contributed by atoms with van der Waals surface area (Å²) in [4.78, 5) is 2.24. The van der Waals surface area contributed by atoms with E-state index in [-0.39, 0.29) is 22.4 Å². The normalized spacial score (nSPS) is 21.7. The summed E-state index contributed by atoms with van der Waals surface area (Å²) in [6, 6.07) is 14.5. The molecule has 6 nitrogen and oxygen atoms in total. The van der Waals surface area contributed by atoms with Crippen LogP contribution in [0.5, 0.6) is 0 Å². The molecule has 1 fully saturated rings. The van der Waals surface area contributed by atoms with Crippen molar-refractivity contribution in [2.75, 3.05) is 32.1 Å². The minimum Gasteiger partial charge on any atom is -0.310 e. The molecule has 176 valence electrons. The minimum atomic E-state index is -3.78. The van der Waals surface area contributed by atoms with Crippen LogP contribution in [0.3, 0.4) is 0 Å². The molecule has 3 rings (SSSR count). The van der Waals surface area contributed by atoms with Gasteiger partial charge in [-0.05, 0) is 55.8 Å². The first-order valence-electron chi connectivity index (χ1n) is 11.1. The summed E-state index contributed by atoms with van der Waals surface area (Å²) in [6.07, 6.45) is 1.78. The Balaban J connectivity index is 1.82. The van der Waals surface area contributed by atoms with Gasteiger partial charge in [0.05, 0.1) is 21.7 Å². The molecule has 1 heterocycles. The van der Waals surface area contributed by atoms with Crippen molar-refractivity contribution >= 4 is 19.7 Å². The molecule has 1 aliphatic heterocycles. The van der Waals surface area contributed by atoms with Gasteiger partial charge in [0.2, 0.25) is 0 Å². The van der Waals surface area contributed by atoms with Crippen molar-refractivity contribution in [1.82, 2.24) is 10.2 Å². The third-order valence-corrected chi connectivity index (χ3v) is 10.5. The number of aryl methyl sites for hydroxylation is 2. The first-order valence-corrected chi connectivity index (χ1v) is 14.5. The number of nitrogens with zero attached hydrogens (tertiary/aromatic N) is 1. The van der Waals surface area contributed by atoms with E-state index in [9.17, 15) is 16.8 Å². The van der Waals surface area contributed by atoms with Gasteiger partial charge in [-0.15, -0.1) is 0 Å². The smallest absolute Gasteiger partial charge is 0.183 e. The van der Waals surface area contributed by atoms with Crippen LogP contribution in [0.25, 0.3) is 0 Å². The summed E-state index contributed by atoms with van der Waals surface area (Å²) in [5, 5.41) is 2.30. The monoisotopic (exact) mass is 478 g/mol. The molecule has 1 unspecified atom stereocenters. The van der Waals surface area contributed by atoms with Crippen molar-refractivity contribution in [2.24, 2.45) is 0 Å². The Hall–Kier alpha value is -1.74. The van der Waals surface area contributed by atoms with Crippen LogP contribution in [0.2, 0.25) is 0 Å². The molecule has 2 aromatic rings. The van der Waals surface area contributed by atoms with Gasteiger partial charge in [0.15, 0.2) is 19.7 Å². The predicted octanol–water partition coefficient (Wildman–Crippen LogP) is 2.64. The number of likely N-dealkylation sites (N-methyl/N-ethyl adjacent to an activating group) is 1. The molecule has 0 amide bonds. The average molecular weight is 479 g/mol. The van der Waals surface area contributed by atoms with Crippen LogP contribution in [0.1, 0.15) is 36.6 Å². The summed E-state index contributed by atoms with van der Waals surface area (Å²) in [7, 11) is -3.29. The van der Waals surface area contributed by atoms with E-state index in [1.807, 2.05) is 21.0 Å². The highest BCUT2D eigenvalue weighted by atomic mass is 32.2. The van der Waals surface area contributed by atoms with E-state index < -0.39 is 31.0 Å². The van der Waals surface area contributed by atoms with Gasteiger partial charge in [-0.3, -0.25) is 0 Å². The van der Waals surface area contributed by atoms with Crippen molar-refractivity contribution in [3.05, 3.63) is 65.2 Å². The zero-order valence-electron chi connectivity index (χ0n) is 19.3. The zero-order chi connectivity index (χ0) is 23.5. The van der Waals surface area contributed by atoms with Crippen LogP contribution in [-0.4, -0.2) is 65.2 Å². The number of hydrogen-bond donors (Lipinski definition) is 1. The standard InChI is InChI=1S/C24H34N2O4S2/c1-5-18-7-11-20(12-8-18)23(26(3)4)15-25-22-16-31(27,28)17-24(22)32(29,30)21-13-9-19(6-2)10-14-21/h7-14,22-25H,5-6,15-17H2,1-4H3/t22-,23?,24-/m0/s1. The van der Waals surface area contributed by atoms with Crippen LogP contribution in [0.15, 0.2) is 53.4 Å². The van der Waals surface area contributed by atoms with Gasteiger partial charge in [-0.2, -0.15) is 0 Å². The molecule has 0 spiro atoms. The van der Waals surface area contributed by atoms with Gasteiger partial charge in [0, 0.05) is 18.6 Å². The lowest BCUT2D eigenvalue weighted by molar-refractivity contribution is 0.282. The molecule has 0 aromatic heterocycles. The highest BCUT2D eigenvalue weighted by Crippen LogP contribution is 2.27. The third-order valence-electron chi connectivity index (χ3n) is 6.33. The predicted molar refractivity (Wildman–Crippen MR) is 129 cm³/mol. The maximum Gasteiger partial charge on any atom is 0.183 e. The topological polar surface area (TPSA) is 83.5 Å². The number of sulfone groups is 2. The van der Waals surface area contributed by atoms with E-state index in [2.05, 4.69) is 41.4 Å². The number of benzene rings is 2. The number of nitrogens with one attached hydrogen (secondary N) is 1. The van der Waals surface area contributed by atoms with Crippen molar-refractivity contribution in [1.29, 1.82) is 0 Å². The van der Waals surface area contributed by atoms with Crippen LogP contribution >= 0.6 is 0 Å². The molecular formula is C24H34N2O4S2. The Kier molecular flexibility index (Phi) is 7.81. The lowest BCUT2D eigenvalue weighted by Gasteiger charge is -2.28. The van der Waals surface area contributed by atoms with Crippen molar-refractivity contribution < 1.29 is 16.8 Å². The molecule has 32 heavy (non-hydrogen) atoms. The number of rotatable bonds is 9. The highest BCUT2D eigenvalue weighted by molar-refractivity contribution is 7.96. The molecule has 8 heteroatoms. The Labute approximate surface area is 192 Å². The van der Waals surface area contributed by atoms with E-state index >= 15 is 0 Å². The Morgan fingerprint density at radius 2 is 1.47 bits per heavy atom. The van der Waals surface area contributed by atoms with Crippen molar-refractivity contribution in [3.8, 4) is 0 Å². The van der Waals surface area contributed by atoms with Crippen LogP contribution < -0.4 is 5.32 Å². The summed E-state index contributed by atoms with van der Waals surface area (Å²) in [6.45, 7) is 4.57. The fourth-order valence-corrected chi connectivity index (χ4v) is 8.95. The molecule has 1 N–H and O–H groups in total. The van der Waals surface area contributed by atoms with Gasteiger partial charge in [-0.25, -0.2) is 16.8 Å². The van der Waals surface area contributed by atoms with Crippen molar-refractivity contribution in [3.63, 3.8) is 0 Å². The molecule has 2 aromatic carbocycles. The zero-order valence-corrected chi connectivity index (χ0v) is 20.9. The highest BCUT2D eigenvalue weighted by Gasteiger charge is 2.45. The third kappa shape index (κ3) is 5.60. The second-order valence-corrected chi connectivity index (χ2v) is 13.1. The van der Waals surface area contributed by atoms with E-state index in [1.54, 1.807) is 24.3 Å². The van der Waals surface area contributed by atoms with Gasteiger partial charge in [0.1, 0.15) is 0 Å². The molecular weight excluding hydrogens is 444 g/mol. The molecule has 0 radical (unpaired) electrons. The van der Waals surface area contributed by atoms with Gasteiger partial charge >= 0.3 is 0 Å². The Morgan fingerprint density at radius 1 is 0.938 bits per heavy atom. The van der Waals surface area contributed by atoms with E-state index in [0.29, 0.717) is 6.54 Å². The molecule has 1 saturated heterocycles. The maximum absolute atomic E-state index is 13.3. The first kappa shape index (κ1) is 24.9. The first-order chi connectivity index (χ1) is 15.1. The molecule has 0 bridgehead atoms. The fourth-order valence-electron chi connectivity index (χ4n) is 4.24. The summed E-state index contributed by atoms with van der Waals surface area (Å²) in [5.74, 6) is -0.515. The molecule has 0 saturated carbocycles. The molecule has 1 aliphatic rings. The summed E-state index contributed by atoms with van der Waals surface area (Å²) < 4.78 is 51.5. The lowest BCUT2D eigenvalue weighted by atomic mass is 10.0. The lowest BCUT2D eigenvalue weighted by Crippen LogP contribution is -2.46. The van der Waals surface area contributed by atoms with Crippen LogP contribution in [0, 0.1) is 0 Å². The summed E-state index contributed by atoms with van der Waals surface area (Å²) in [5.41, 5.74) is 3.40. The fraction of sp³-hybridized carbons (Fsp3) is 0.500. The van der Waals surface area contributed by atoms with Crippen LogP contribution in [0.4, 0.5) is 0 Å². The average Bonchev–Trinajstić information content (AvgIpc) is 3.09. The number of hydrogen-bond acceptors (Lipinski definition) is 6. The Morgan fingerprint density at radius 3 is 1.97 bits per heavy atom. The van der Waals surface area contributed by atoms with Gasteiger partial charge < -0.3 is 10.2 Å². The van der Waals surface area contributed by atoms with Crippen molar-refractivity contribution in [2.45, 2.75) is 48.9 Å². The maximum atomic E-state index is 13.3. The molecule has 3 atom stereocenters.